The molecular formula is C16H19F5O3. The second-order valence-corrected chi connectivity index (χ2v) is 5.32. The summed E-state index contributed by atoms with van der Waals surface area (Å²) in [6, 6.07) is 0. The molecule has 1 aromatic carbocycles. The van der Waals surface area contributed by atoms with E-state index in [-0.39, 0.29) is 13.0 Å². The van der Waals surface area contributed by atoms with Crippen molar-refractivity contribution in [2.45, 2.75) is 51.4 Å². The lowest BCUT2D eigenvalue weighted by molar-refractivity contribution is -0.135. The zero-order chi connectivity index (χ0) is 18.1. The van der Waals surface area contributed by atoms with E-state index in [1.54, 1.807) is 0 Å². The Morgan fingerprint density at radius 2 is 1.12 bits per heavy atom. The van der Waals surface area contributed by atoms with Gasteiger partial charge in [0.15, 0.2) is 0 Å². The number of aliphatic hydroxyl groups is 1. The van der Waals surface area contributed by atoms with Crippen LogP contribution in [0.5, 0.6) is 5.75 Å². The average Bonchev–Trinajstić information content (AvgIpc) is 2.57. The first kappa shape index (κ1) is 20.3. The Labute approximate surface area is 136 Å². The summed E-state index contributed by atoms with van der Waals surface area (Å²) < 4.78 is 69.7. The maximum atomic E-state index is 13.3. The molecule has 0 aliphatic heterocycles. The predicted octanol–water partition coefficient (Wildman–Crippen LogP) is 4.40. The summed E-state index contributed by atoms with van der Waals surface area (Å²) in [5, 5.41) is 8.61. The molecule has 24 heavy (non-hydrogen) atoms. The molecular weight excluding hydrogens is 335 g/mol. The number of unbranched alkanes of at least 4 members (excludes halogenated alkanes) is 6. The van der Waals surface area contributed by atoms with Gasteiger partial charge in [0.1, 0.15) is 0 Å². The van der Waals surface area contributed by atoms with Crippen LogP contribution in [0.3, 0.4) is 0 Å². The Morgan fingerprint density at radius 1 is 0.708 bits per heavy atom. The Balaban J connectivity index is 2.41. The number of benzene rings is 1. The fraction of sp³-hybridized carbons (Fsp3) is 0.562. The lowest BCUT2D eigenvalue weighted by Crippen LogP contribution is -2.13. The molecule has 0 heterocycles. The lowest BCUT2D eigenvalue weighted by atomic mass is 10.1. The van der Waals surface area contributed by atoms with Crippen molar-refractivity contribution in [2.75, 3.05) is 6.61 Å². The average molecular weight is 354 g/mol. The van der Waals surface area contributed by atoms with E-state index < -0.39 is 40.8 Å². The van der Waals surface area contributed by atoms with Gasteiger partial charge < -0.3 is 9.84 Å². The minimum absolute atomic E-state index is 0.156. The SMILES string of the molecule is O=C(CCCCCCCCCO)Oc1c(F)c(F)c(F)c(F)c1F. The molecule has 1 aromatic rings. The number of esters is 1. The molecule has 0 bridgehead atoms. The van der Waals surface area contributed by atoms with Crippen LogP contribution in [0.4, 0.5) is 22.0 Å². The van der Waals surface area contributed by atoms with Crippen LogP contribution in [0.15, 0.2) is 0 Å². The summed E-state index contributed by atoms with van der Waals surface area (Å²) in [6.45, 7) is 0.156. The van der Waals surface area contributed by atoms with Crippen LogP contribution in [-0.4, -0.2) is 17.7 Å². The van der Waals surface area contributed by atoms with Gasteiger partial charge in [0.2, 0.25) is 34.8 Å². The smallest absolute Gasteiger partial charge is 0.311 e. The zero-order valence-electron chi connectivity index (χ0n) is 13.0. The second-order valence-electron chi connectivity index (χ2n) is 5.32. The van der Waals surface area contributed by atoms with Gasteiger partial charge in [-0.05, 0) is 12.8 Å². The highest BCUT2D eigenvalue weighted by Gasteiger charge is 2.28. The van der Waals surface area contributed by atoms with Gasteiger partial charge in [-0.25, -0.2) is 13.2 Å². The maximum absolute atomic E-state index is 13.3. The first-order valence-corrected chi connectivity index (χ1v) is 7.73. The van der Waals surface area contributed by atoms with Crippen molar-refractivity contribution in [1.29, 1.82) is 0 Å². The highest BCUT2D eigenvalue weighted by molar-refractivity contribution is 5.72. The fourth-order valence-electron chi connectivity index (χ4n) is 2.10. The van der Waals surface area contributed by atoms with Crippen LogP contribution in [0.1, 0.15) is 51.4 Å². The van der Waals surface area contributed by atoms with E-state index in [4.69, 9.17) is 5.11 Å². The Morgan fingerprint density at radius 3 is 1.62 bits per heavy atom. The molecule has 136 valence electrons. The van der Waals surface area contributed by atoms with Crippen molar-refractivity contribution in [3.05, 3.63) is 29.1 Å². The third kappa shape index (κ3) is 5.74. The number of carbonyl (C=O) groups excluding carboxylic acids is 1. The molecule has 0 saturated carbocycles. The highest BCUT2D eigenvalue weighted by Crippen LogP contribution is 2.29. The van der Waals surface area contributed by atoms with Gasteiger partial charge in [0, 0.05) is 13.0 Å². The molecule has 1 rings (SSSR count). The van der Waals surface area contributed by atoms with Crippen molar-refractivity contribution in [1.82, 2.24) is 0 Å². The normalized spacial score (nSPS) is 10.9. The van der Waals surface area contributed by atoms with Crippen molar-refractivity contribution >= 4 is 5.97 Å². The maximum Gasteiger partial charge on any atom is 0.311 e. The number of hydrogen-bond acceptors (Lipinski definition) is 3. The van der Waals surface area contributed by atoms with E-state index >= 15 is 0 Å². The van der Waals surface area contributed by atoms with E-state index in [0.29, 0.717) is 12.8 Å². The molecule has 0 aliphatic rings. The summed E-state index contributed by atoms with van der Waals surface area (Å²) >= 11 is 0. The number of ether oxygens (including phenoxy) is 1. The quantitative estimate of drug-likeness (QED) is 0.169. The van der Waals surface area contributed by atoms with E-state index in [0.717, 1.165) is 32.1 Å². The monoisotopic (exact) mass is 354 g/mol. The van der Waals surface area contributed by atoms with Gasteiger partial charge in [0.25, 0.3) is 0 Å². The summed E-state index contributed by atoms with van der Waals surface area (Å²) in [6.07, 6.45) is 5.24. The van der Waals surface area contributed by atoms with Crippen LogP contribution < -0.4 is 4.74 Å². The molecule has 0 fully saturated rings. The zero-order valence-corrected chi connectivity index (χ0v) is 13.0. The van der Waals surface area contributed by atoms with E-state index in [9.17, 15) is 26.7 Å². The highest BCUT2D eigenvalue weighted by atomic mass is 19.2. The molecule has 0 radical (unpaired) electrons. The van der Waals surface area contributed by atoms with Crippen LogP contribution in [0.2, 0.25) is 0 Å². The molecule has 1 N–H and O–H groups in total. The van der Waals surface area contributed by atoms with Crippen molar-refractivity contribution in [2.24, 2.45) is 0 Å². The summed E-state index contributed by atoms with van der Waals surface area (Å²) in [7, 11) is 0. The molecule has 0 atom stereocenters. The minimum Gasteiger partial charge on any atom is -0.420 e. The molecule has 8 heteroatoms. The van der Waals surface area contributed by atoms with Gasteiger partial charge in [-0.1, -0.05) is 32.1 Å². The Hall–Kier alpha value is -1.70. The van der Waals surface area contributed by atoms with Crippen LogP contribution in [-0.2, 0) is 4.79 Å². The number of halogens is 5. The van der Waals surface area contributed by atoms with Crippen molar-refractivity contribution < 1.29 is 36.6 Å². The van der Waals surface area contributed by atoms with Gasteiger partial charge in [-0.3, -0.25) is 4.79 Å². The molecule has 3 nitrogen and oxygen atoms in total. The largest absolute Gasteiger partial charge is 0.420 e. The molecule has 0 saturated heterocycles. The van der Waals surface area contributed by atoms with Gasteiger partial charge in [0.05, 0.1) is 0 Å². The number of hydrogen-bond donors (Lipinski definition) is 1. The summed E-state index contributed by atoms with van der Waals surface area (Å²) in [5.74, 6) is -13.6. The van der Waals surface area contributed by atoms with Crippen LogP contribution in [0.25, 0.3) is 0 Å². The minimum atomic E-state index is -2.30. The number of carbonyl (C=O) groups is 1. The van der Waals surface area contributed by atoms with E-state index in [2.05, 4.69) is 4.74 Å². The molecule has 0 aromatic heterocycles. The summed E-state index contributed by atoms with van der Waals surface area (Å²) in [5.41, 5.74) is 0. The third-order valence-corrected chi connectivity index (χ3v) is 3.42. The third-order valence-electron chi connectivity index (χ3n) is 3.42. The van der Waals surface area contributed by atoms with Crippen molar-refractivity contribution in [3.8, 4) is 5.75 Å². The number of aliphatic hydroxyl groups excluding tert-OH is 1. The summed E-state index contributed by atoms with van der Waals surface area (Å²) in [4.78, 5) is 11.5. The van der Waals surface area contributed by atoms with Crippen molar-refractivity contribution in [3.63, 3.8) is 0 Å². The van der Waals surface area contributed by atoms with Gasteiger partial charge >= 0.3 is 5.97 Å². The lowest BCUT2D eigenvalue weighted by Gasteiger charge is -2.08. The first-order chi connectivity index (χ1) is 11.4. The molecule has 0 aliphatic carbocycles. The van der Waals surface area contributed by atoms with E-state index in [1.807, 2.05) is 0 Å². The Bertz CT molecular complexity index is 534. The Kier molecular flexibility index (Phi) is 8.67. The van der Waals surface area contributed by atoms with Crippen LogP contribution >= 0.6 is 0 Å². The van der Waals surface area contributed by atoms with Gasteiger partial charge in [-0.15, -0.1) is 0 Å². The molecule has 0 spiro atoms. The fourth-order valence-corrected chi connectivity index (χ4v) is 2.10. The second kappa shape index (κ2) is 10.2. The number of rotatable bonds is 10. The standard InChI is InChI=1S/C16H19F5O3/c17-11-12(18)14(20)16(15(21)13(11)19)24-10(23)8-6-4-2-1-3-5-7-9-22/h22H,1-9H2. The first-order valence-electron chi connectivity index (χ1n) is 7.73. The predicted molar refractivity (Wildman–Crippen MR) is 75.9 cm³/mol. The molecule has 0 amide bonds. The van der Waals surface area contributed by atoms with Gasteiger partial charge in [-0.2, -0.15) is 8.78 Å². The van der Waals surface area contributed by atoms with E-state index in [1.165, 1.54) is 0 Å². The molecule has 0 unspecified atom stereocenters. The topological polar surface area (TPSA) is 46.5 Å². The van der Waals surface area contributed by atoms with Crippen LogP contribution in [0, 0.1) is 29.1 Å².